The molecule has 45 heavy (non-hydrogen) atoms. The highest BCUT2D eigenvalue weighted by molar-refractivity contribution is 5.97. The first-order chi connectivity index (χ1) is 21.5. The highest BCUT2D eigenvalue weighted by Crippen LogP contribution is 2.32. The maximum absolute atomic E-state index is 15.0. The average molecular weight is 636 g/mol. The second-order valence-electron chi connectivity index (χ2n) is 11.1. The molecule has 14 heteroatoms. The van der Waals surface area contributed by atoms with Crippen LogP contribution < -0.4 is 14.8 Å². The van der Waals surface area contributed by atoms with Crippen LogP contribution >= 0.6 is 0 Å². The maximum Gasteiger partial charge on any atom is 0.247 e. The molecule has 1 amide bonds. The molecule has 5 rings (SSSR count). The monoisotopic (exact) mass is 635 g/mol. The van der Waals surface area contributed by atoms with Gasteiger partial charge in [0.25, 0.3) is 0 Å². The number of rotatable bonds is 9. The molecule has 3 fully saturated rings. The van der Waals surface area contributed by atoms with Crippen molar-refractivity contribution in [2.75, 3.05) is 13.4 Å². The van der Waals surface area contributed by atoms with Gasteiger partial charge in [0.2, 0.25) is 12.2 Å². The van der Waals surface area contributed by atoms with Gasteiger partial charge in [-0.25, -0.2) is 8.78 Å². The van der Waals surface area contributed by atoms with E-state index in [2.05, 4.69) is 5.32 Å². The summed E-state index contributed by atoms with van der Waals surface area (Å²) in [4.78, 5) is 12.8. The van der Waals surface area contributed by atoms with E-state index in [0.717, 1.165) is 6.07 Å². The summed E-state index contributed by atoms with van der Waals surface area (Å²) in [7, 11) is 0. The molecule has 2 aliphatic heterocycles. The van der Waals surface area contributed by atoms with Gasteiger partial charge in [0.05, 0.1) is 6.04 Å². The molecular weight excluding hydrogens is 600 g/mol. The summed E-state index contributed by atoms with van der Waals surface area (Å²) < 4.78 is 55.8. The lowest BCUT2D eigenvalue weighted by Crippen LogP contribution is -2.67. The molecule has 10 atom stereocenters. The van der Waals surface area contributed by atoms with E-state index in [-0.39, 0.29) is 36.0 Å². The predicted octanol–water partition coefficient (Wildman–Crippen LogP) is 0.541. The number of aliphatic hydroxyl groups excluding tert-OH is 5. The fraction of sp³-hybridized carbons (Fsp3) is 0.452. The van der Waals surface area contributed by atoms with Crippen molar-refractivity contribution in [1.82, 2.24) is 5.32 Å². The Morgan fingerprint density at radius 3 is 2.33 bits per heavy atom. The lowest BCUT2D eigenvalue weighted by molar-refractivity contribution is -0.155. The molecular formula is C31H35F2NO11. The first-order valence-electron chi connectivity index (χ1n) is 14.2. The van der Waals surface area contributed by atoms with Crippen molar-refractivity contribution < 1.29 is 62.8 Å². The number of hydrogen-bond acceptors (Lipinski definition) is 11. The standard InChI is InChI=1S/C31H35F2NO11/c1-14(9-10-41-19-6-4-3-5-17(19)32)27-25(38)26(39)31(45-27)44-20-8-7-16(12-18(20)33)11-15(2)30(40)34-21-22(35)24(37)29-28(23(21)36)42-13-43-29/h3-9,11-12,21-29,31,35-39H,10,13H2,1-2H3,(H,34,40)/b14-9+,15-11+/t21-,22+,23-,24-,25+,26-,27-,28+,29-,31-/m1/s1. The van der Waals surface area contributed by atoms with Crippen LogP contribution in [0.25, 0.3) is 6.08 Å². The number of carbonyl (C=O) groups is 1. The van der Waals surface area contributed by atoms with Crippen LogP contribution in [0.4, 0.5) is 8.78 Å². The van der Waals surface area contributed by atoms with Gasteiger partial charge in [0.1, 0.15) is 62.2 Å². The summed E-state index contributed by atoms with van der Waals surface area (Å²) in [5.74, 6) is -2.30. The van der Waals surface area contributed by atoms with E-state index >= 15 is 4.39 Å². The van der Waals surface area contributed by atoms with Crippen molar-refractivity contribution >= 4 is 12.0 Å². The molecule has 0 aromatic heterocycles. The van der Waals surface area contributed by atoms with Crippen molar-refractivity contribution in [2.24, 2.45) is 0 Å². The zero-order valence-corrected chi connectivity index (χ0v) is 24.3. The van der Waals surface area contributed by atoms with Crippen molar-refractivity contribution in [2.45, 2.75) is 75.0 Å². The van der Waals surface area contributed by atoms with Crippen molar-refractivity contribution in [3.63, 3.8) is 0 Å². The minimum absolute atomic E-state index is 0.0316. The van der Waals surface area contributed by atoms with Crippen LogP contribution in [-0.2, 0) is 19.0 Å². The van der Waals surface area contributed by atoms with Gasteiger partial charge in [-0.1, -0.05) is 18.2 Å². The summed E-state index contributed by atoms with van der Waals surface area (Å²) in [6.07, 6.45) is -8.54. The molecule has 0 unspecified atom stereocenters. The van der Waals surface area contributed by atoms with E-state index in [1.807, 2.05) is 0 Å². The Morgan fingerprint density at radius 1 is 0.911 bits per heavy atom. The van der Waals surface area contributed by atoms with Crippen LogP contribution in [0.2, 0.25) is 0 Å². The number of amides is 1. The van der Waals surface area contributed by atoms with E-state index < -0.39 is 78.7 Å². The Bertz CT molecular complexity index is 1440. The lowest BCUT2D eigenvalue weighted by Gasteiger charge is -2.41. The normalized spacial score (nSPS) is 33.5. The number of carbonyl (C=O) groups excluding carboxylic acids is 1. The van der Waals surface area contributed by atoms with Crippen LogP contribution in [0.5, 0.6) is 11.5 Å². The molecule has 2 aromatic rings. The zero-order valence-electron chi connectivity index (χ0n) is 24.3. The Morgan fingerprint density at radius 2 is 1.62 bits per heavy atom. The third-order valence-electron chi connectivity index (χ3n) is 7.99. The summed E-state index contributed by atoms with van der Waals surface area (Å²) in [6, 6.07) is 8.41. The molecule has 0 radical (unpaired) electrons. The molecule has 6 N–H and O–H groups in total. The van der Waals surface area contributed by atoms with Gasteiger partial charge in [0.15, 0.2) is 23.1 Å². The minimum Gasteiger partial charge on any atom is -0.486 e. The molecule has 0 spiro atoms. The molecule has 3 aliphatic rings. The number of nitrogens with one attached hydrogen (secondary N) is 1. The van der Waals surface area contributed by atoms with Gasteiger partial charge < -0.3 is 54.5 Å². The molecule has 1 aliphatic carbocycles. The highest BCUT2D eigenvalue weighted by Gasteiger charge is 2.53. The van der Waals surface area contributed by atoms with Gasteiger partial charge in [-0.2, -0.15) is 0 Å². The molecule has 244 valence electrons. The van der Waals surface area contributed by atoms with Gasteiger partial charge in [-0.05, 0) is 61.4 Å². The SMILES string of the molecule is C/C(=C\c1ccc(O[C@@H]2O[C@H](/C(C)=C/COc3ccccc3F)[C@@H](O)[C@H]2O)c(F)c1)C(=O)N[C@@H]1[C@H](O)[C@@H](O)[C@H]2OCO[C@H]2[C@@H]1O. The zero-order chi connectivity index (χ0) is 32.4. The van der Waals surface area contributed by atoms with E-state index in [1.165, 1.54) is 43.3 Å². The Hall–Kier alpha value is -3.47. The largest absolute Gasteiger partial charge is 0.486 e. The van der Waals surface area contributed by atoms with E-state index in [1.54, 1.807) is 19.1 Å². The smallest absolute Gasteiger partial charge is 0.247 e. The number of hydrogen-bond donors (Lipinski definition) is 6. The number of benzene rings is 2. The van der Waals surface area contributed by atoms with E-state index in [0.29, 0.717) is 5.57 Å². The lowest BCUT2D eigenvalue weighted by atomic mass is 9.83. The second kappa shape index (κ2) is 13.9. The third-order valence-corrected chi connectivity index (χ3v) is 7.99. The second-order valence-corrected chi connectivity index (χ2v) is 11.1. The fourth-order valence-electron chi connectivity index (χ4n) is 5.42. The van der Waals surface area contributed by atoms with Crippen LogP contribution in [0.3, 0.4) is 0 Å². The molecule has 2 aromatic carbocycles. The van der Waals surface area contributed by atoms with E-state index in [9.17, 15) is 34.7 Å². The van der Waals surface area contributed by atoms with E-state index in [4.69, 9.17) is 23.7 Å². The summed E-state index contributed by atoms with van der Waals surface area (Å²) >= 11 is 0. The molecule has 2 saturated heterocycles. The fourth-order valence-corrected chi connectivity index (χ4v) is 5.42. The Labute approximate surface area is 257 Å². The summed E-state index contributed by atoms with van der Waals surface area (Å²) in [6.45, 7) is 2.86. The molecule has 0 bridgehead atoms. The van der Waals surface area contributed by atoms with Crippen molar-refractivity contribution in [3.8, 4) is 11.5 Å². The van der Waals surface area contributed by atoms with Crippen LogP contribution in [0, 0.1) is 11.6 Å². The van der Waals surface area contributed by atoms with Crippen molar-refractivity contribution in [3.05, 3.63) is 76.9 Å². The van der Waals surface area contributed by atoms with Crippen LogP contribution in [-0.4, -0.2) is 106 Å². The topological polar surface area (TPSA) is 176 Å². The average Bonchev–Trinajstić information content (AvgIpc) is 3.62. The number of halogens is 2. The van der Waals surface area contributed by atoms with Gasteiger partial charge in [-0.15, -0.1) is 0 Å². The number of para-hydroxylation sites is 1. The van der Waals surface area contributed by atoms with Gasteiger partial charge >= 0.3 is 0 Å². The summed E-state index contributed by atoms with van der Waals surface area (Å²) in [5, 5.41) is 54.8. The van der Waals surface area contributed by atoms with Crippen molar-refractivity contribution in [1.29, 1.82) is 0 Å². The molecule has 1 saturated carbocycles. The molecule has 12 nitrogen and oxygen atoms in total. The third kappa shape index (κ3) is 7.03. The predicted molar refractivity (Wildman–Crippen MR) is 152 cm³/mol. The number of ether oxygens (including phenoxy) is 5. The minimum atomic E-state index is -1.52. The highest BCUT2D eigenvalue weighted by atomic mass is 19.1. The quantitative estimate of drug-likeness (QED) is 0.168. The Kier molecular flexibility index (Phi) is 10.2. The maximum atomic E-state index is 15.0. The molecule has 2 heterocycles. The van der Waals surface area contributed by atoms with Crippen LogP contribution in [0.1, 0.15) is 19.4 Å². The summed E-state index contributed by atoms with van der Waals surface area (Å²) in [5.41, 5.74) is 0.846. The number of fused-ring (bicyclic) bond motifs is 1. The van der Waals surface area contributed by atoms with Gasteiger partial charge in [-0.3, -0.25) is 4.79 Å². The van der Waals surface area contributed by atoms with Gasteiger partial charge in [0, 0.05) is 5.57 Å². The van der Waals surface area contributed by atoms with Crippen LogP contribution in [0.15, 0.2) is 59.7 Å². The Balaban J connectivity index is 1.18. The first-order valence-corrected chi connectivity index (χ1v) is 14.2. The first kappa shape index (κ1) is 32.9. The number of aliphatic hydroxyl groups is 5.